The van der Waals surface area contributed by atoms with Gasteiger partial charge in [-0.3, -0.25) is 4.98 Å². The third-order valence-corrected chi connectivity index (χ3v) is 3.86. The molecule has 0 fully saturated rings. The summed E-state index contributed by atoms with van der Waals surface area (Å²) in [6.07, 6.45) is 8.28. The molecule has 0 aliphatic heterocycles. The maximum atomic E-state index is 4.43. The molecule has 5 nitrogen and oxygen atoms in total. The van der Waals surface area contributed by atoms with Gasteiger partial charge in [-0.2, -0.15) is 0 Å². The van der Waals surface area contributed by atoms with Gasteiger partial charge >= 0.3 is 0 Å². The zero-order valence-electron chi connectivity index (χ0n) is 14.7. The van der Waals surface area contributed by atoms with Crippen molar-refractivity contribution in [1.82, 2.24) is 19.9 Å². The lowest BCUT2D eigenvalue weighted by molar-refractivity contribution is 0.402. The van der Waals surface area contributed by atoms with Crippen LogP contribution in [-0.2, 0) is 13.0 Å². The van der Waals surface area contributed by atoms with Crippen molar-refractivity contribution in [3.05, 3.63) is 72.3 Å². The molecular weight excluding hydrogens is 310 g/mol. The molecule has 0 amide bonds. The molecule has 0 bridgehead atoms. The number of nitrogens with one attached hydrogen (secondary N) is 1. The molecule has 0 spiro atoms. The van der Waals surface area contributed by atoms with E-state index in [1.807, 2.05) is 36.9 Å². The van der Waals surface area contributed by atoms with Crippen molar-refractivity contribution in [1.29, 1.82) is 0 Å². The van der Waals surface area contributed by atoms with Gasteiger partial charge in [-0.1, -0.05) is 18.2 Å². The molecule has 0 atom stereocenters. The number of hydrogen-bond acceptors (Lipinski definition) is 5. The molecule has 1 N–H and O–H groups in total. The zero-order valence-corrected chi connectivity index (χ0v) is 14.7. The smallest absolute Gasteiger partial charge is 0.222 e. The standard InChI is InChI=1S/C20H23N5/c1-25(2)15-17-4-3-5-18(12-17)19-13-23-20(24-14-19)22-11-8-16-6-9-21-10-7-16/h3-7,9-10,12-14H,8,11,15H2,1-2H3,(H,22,23,24). The van der Waals surface area contributed by atoms with Crippen molar-refractivity contribution >= 4 is 5.95 Å². The maximum Gasteiger partial charge on any atom is 0.222 e. The Morgan fingerprint density at radius 1 is 0.920 bits per heavy atom. The van der Waals surface area contributed by atoms with Crippen LogP contribution in [0.25, 0.3) is 11.1 Å². The van der Waals surface area contributed by atoms with Crippen LogP contribution in [0.5, 0.6) is 0 Å². The number of anilines is 1. The van der Waals surface area contributed by atoms with E-state index in [2.05, 4.69) is 63.5 Å². The van der Waals surface area contributed by atoms with Crippen molar-refractivity contribution in [2.75, 3.05) is 26.0 Å². The second-order valence-corrected chi connectivity index (χ2v) is 6.27. The predicted molar refractivity (Wildman–Crippen MR) is 101 cm³/mol. The highest BCUT2D eigenvalue weighted by Crippen LogP contribution is 2.20. The van der Waals surface area contributed by atoms with Crippen LogP contribution >= 0.6 is 0 Å². The van der Waals surface area contributed by atoms with Crippen molar-refractivity contribution in [3.8, 4) is 11.1 Å². The van der Waals surface area contributed by atoms with E-state index in [0.29, 0.717) is 5.95 Å². The second kappa shape index (κ2) is 8.35. The Labute approximate surface area is 148 Å². The van der Waals surface area contributed by atoms with E-state index in [9.17, 15) is 0 Å². The van der Waals surface area contributed by atoms with Gasteiger partial charge in [0, 0.05) is 43.4 Å². The first-order chi connectivity index (χ1) is 12.2. The molecule has 0 saturated carbocycles. The third-order valence-electron chi connectivity index (χ3n) is 3.86. The lowest BCUT2D eigenvalue weighted by Gasteiger charge is -2.11. The fraction of sp³-hybridized carbons (Fsp3) is 0.250. The first kappa shape index (κ1) is 17.0. The van der Waals surface area contributed by atoms with Crippen LogP contribution in [0.4, 0.5) is 5.95 Å². The first-order valence-electron chi connectivity index (χ1n) is 8.39. The van der Waals surface area contributed by atoms with E-state index < -0.39 is 0 Å². The summed E-state index contributed by atoms with van der Waals surface area (Å²) < 4.78 is 0. The van der Waals surface area contributed by atoms with Crippen molar-refractivity contribution in [2.24, 2.45) is 0 Å². The minimum absolute atomic E-state index is 0.655. The molecule has 1 aromatic carbocycles. The molecule has 25 heavy (non-hydrogen) atoms. The summed E-state index contributed by atoms with van der Waals surface area (Å²) >= 11 is 0. The Kier molecular flexibility index (Phi) is 5.69. The van der Waals surface area contributed by atoms with Gasteiger partial charge in [-0.25, -0.2) is 9.97 Å². The molecular formula is C20H23N5. The van der Waals surface area contributed by atoms with Crippen molar-refractivity contribution in [2.45, 2.75) is 13.0 Å². The molecule has 3 aromatic rings. The molecule has 5 heteroatoms. The predicted octanol–water partition coefficient (Wildman–Crippen LogP) is 3.25. The van der Waals surface area contributed by atoms with Gasteiger partial charge in [0.1, 0.15) is 0 Å². The zero-order chi connectivity index (χ0) is 17.5. The van der Waals surface area contributed by atoms with Gasteiger partial charge in [0.25, 0.3) is 0 Å². The van der Waals surface area contributed by atoms with E-state index in [1.165, 1.54) is 11.1 Å². The molecule has 0 aliphatic rings. The summed E-state index contributed by atoms with van der Waals surface area (Å²) in [6, 6.07) is 12.5. The van der Waals surface area contributed by atoms with E-state index >= 15 is 0 Å². The van der Waals surface area contributed by atoms with Gasteiger partial charge in [0.05, 0.1) is 0 Å². The number of aromatic nitrogens is 3. The fourth-order valence-corrected chi connectivity index (χ4v) is 2.65. The number of nitrogens with zero attached hydrogens (tertiary/aromatic N) is 4. The van der Waals surface area contributed by atoms with Crippen LogP contribution in [0, 0.1) is 0 Å². The molecule has 0 unspecified atom stereocenters. The Morgan fingerprint density at radius 3 is 2.40 bits per heavy atom. The molecule has 128 valence electrons. The van der Waals surface area contributed by atoms with Gasteiger partial charge in [0.2, 0.25) is 5.95 Å². The highest BCUT2D eigenvalue weighted by atomic mass is 15.1. The van der Waals surface area contributed by atoms with E-state index in [0.717, 1.165) is 30.6 Å². The first-order valence-corrected chi connectivity index (χ1v) is 8.39. The molecule has 0 saturated heterocycles. The average molecular weight is 333 g/mol. The summed E-state index contributed by atoms with van der Waals surface area (Å²) in [4.78, 5) is 15.0. The number of hydrogen-bond donors (Lipinski definition) is 1. The van der Waals surface area contributed by atoms with E-state index in [4.69, 9.17) is 0 Å². The van der Waals surface area contributed by atoms with Crippen molar-refractivity contribution < 1.29 is 0 Å². The van der Waals surface area contributed by atoms with Gasteiger partial charge in [-0.15, -0.1) is 0 Å². The minimum atomic E-state index is 0.655. The summed E-state index contributed by atoms with van der Waals surface area (Å²) in [5.41, 5.74) is 4.70. The van der Waals surface area contributed by atoms with Crippen molar-refractivity contribution in [3.63, 3.8) is 0 Å². The number of rotatable bonds is 7. The summed E-state index contributed by atoms with van der Waals surface area (Å²) in [7, 11) is 4.14. The monoisotopic (exact) mass is 333 g/mol. The average Bonchev–Trinajstić information content (AvgIpc) is 2.63. The molecule has 0 aliphatic carbocycles. The van der Waals surface area contributed by atoms with Crippen LogP contribution in [0.1, 0.15) is 11.1 Å². The summed E-state index contributed by atoms with van der Waals surface area (Å²) in [5, 5.41) is 3.26. The molecule has 2 heterocycles. The molecule has 3 rings (SSSR count). The fourth-order valence-electron chi connectivity index (χ4n) is 2.65. The maximum absolute atomic E-state index is 4.43. The Bertz CT molecular complexity index is 785. The van der Waals surface area contributed by atoms with Gasteiger partial charge in [0.15, 0.2) is 0 Å². The van der Waals surface area contributed by atoms with Gasteiger partial charge < -0.3 is 10.2 Å². The Balaban J connectivity index is 1.60. The molecule has 0 radical (unpaired) electrons. The Morgan fingerprint density at radius 2 is 1.68 bits per heavy atom. The molecule has 2 aromatic heterocycles. The van der Waals surface area contributed by atoms with E-state index in [1.54, 1.807) is 0 Å². The highest BCUT2D eigenvalue weighted by Gasteiger charge is 2.03. The van der Waals surface area contributed by atoms with Crippen LogP contribution in [-0.4, -0.2) is 40.5 Å². The third kappa shape index (κ3) is 5.09. The van der Waals surface area contributed by atoms with Crippen LogP contribution < -0.4 is 5.32 Å². The number of pyridine rings is 1. The lowest BCUT2D eigenvalue weighted by atomic mass is 10.1. The largest absolute Gasteiger partial charge is 0.354 e. The Hall–Kier alpha value is -2.79. The van der Waals surface area contributed by atoms with Crippen LogP contribution in [0.3, 0.4) is 0 Å². The normalized spacial score (nSPS) is 10.8. The minimum Gasteiger partial charge on any atom is -0.354 e. The summed E-state index contributed by atoms with van der Waals surface area (Å²) in [6.45, 7) is 1.71. The number of benzene rings is 1. The SMILES string of the molecule is CN(C)Cc1cccc(-c2cnc(NCCc3ccncc3)nc2)c1. The van der Waals surface area contributed by atoms with Crippen LogP contribution in [0.2, 0.25) is 0 Å². The van der Waals surface area contributed by atoms with E-state index in [-0.39, 0.29) is 0 Å². The summed E-state index contributed by atoms with van der Waals surface area (Å²) in [5.74, 6) is 0.655. The lowest BCUT2D eigenvalue weighted by Crippen LogP contribution is -2.10. The highest BCUT2D eigenvalue weighted by molar-refractivity contribution is 5.62. The second-order valence-electron chi connectivity index (χ2n) is 6.27. The quantitative estimate of drug-likeness (QED) is 0.719. The van der Waals surface area contributed by atoms with Gasteiger partial charge in [-0.05, 0) is 55.4 Å². The topological polar surface area (TPSA) is 53.9 Å². The van der Waals surface area contributed by atoms with Crippen LogP contribution in [0.15, 0.2) is 61.2 Å².